The van der Waals surface area contributed by atoms with Gasteiger partial charge in [0.15, 0.2) is 0 Å². The summed E-state index contributed by atoms with van der Waals surface area (Å²) in [6, 6.07) is 8.50. The Labute approximate surface area is 107 Å². The van der Waals surface area contributed by atoms with Crippen molar-refractivity contribution in [3.05, 3.63) is 60.4 Å². The Morgan fingerprint density at radius 2 is 1.74 bits per heavy atom. The summed E-state index contributed by atoms with van der Waals surface area (Å²) in [5, 5.41) is 8.12. The third-order valence-corrected chi connectivity index (χ3v) is 2.50. The molecule has 0 aliphatic rings. The Morgan fingerprint density at radius 3 is 2.42 bits per heavy atom. The fourth-order valence-corrected chi connectivity index (χ4v) is 1.67. The predicted molar refractivity (Wildman–Crippen MR) is 64.5 cm³/mol. The summed E-state index contributed by atoms with van der Waals surface area (Å²) in [6.45, 7) is 0. The van der Waals surface area contributed by atoms with Crippen LogP contribution < -0.4 is 0 Å². The molecule has 0 N–H and O–H groups in total. The van der Waals surface area contributed by atoms with Gasteiger partial charge in [0.25, 0.3) is 0 Å². The van der Waals surface area contributed by atoms with Crippen LogP contribution >= 0.6 is 0 Å². The first-order valence-corrected chi connectivity index (χ1v) is 5.52. The highest BCUT2D eigenvalue weighted by atomic mass is 19.1. The Kier molecular flexibility index (Phi) is 2.75. The van der Waals surface area contributed by atoms with E-state index < -0.39 is 11.6 Å². The summed E-state index contributed by atoms with van der Waals surface area (Å²) in [4.78, 5) is 5.29. The highest BCUT2D eigenvalue weighted by molar-refractivity contribution is 5.51. The molecule has 0 spiro atoms. The highest BCUT2D eigenvalue weighted by Gasteiger charge is 2.08. The molecule has 0 bridgehead atoms. The molecule has 0 aliphatic heterocycles. The second-order valence-corrected chi connectivity index (χ2v) is 3.86. The molecule has 4 nitrogen and oxygen atoms in total. The monoisotopic (exact) mass is 258 g/mol. The van der Waals surface area contributed by atoms with Crippen LogP contribution in [0.3, 0.4) is 0 Å². The quantitative estimate of drug-likeness (QED) is 0.709. The van der Waals surface area contributed by atoms with E-state index in [-0.39, 0.29) is 5.69 Å². The van der Waals surface area contributed by atoms with Crippen LogP contribution in [0.4, 0.5) is 8.78 Å². The van der Waals surface area contributed by atoms with E-state index in [1.165, 1.54) is 6.20 Å². The lowest BCUT2D eigenvalue weighted by molar-refractivity contribution is 0.577. The number of rotatable bonds is 2. The SMILES string of the molecule is Fc1cc(F)cc(-n2ncc(-c3ccccn3)n2)c1. The number of pyridine rings is 1. The Balaban J connectivity index is 2.02. The minimum absolute atomic E-state index is 0.222. The van der Waals surface area contributed by atoms with E-state index in [0.29, 0.717) is 11.4 Å². The van der Waals surface area contributed by atoms with Crippen molar-refractivity contribution < 1.29 is 8.78 Å². The largest absolute Gasteiger partial charge is 0.254 e. The van der Waals surface area contributed by atoms with E-state index in [9.17, 15) is 8.78 Å². The van der Waals surface area contributed by atoms with Crippen molar-refractivity contribution in [2.75, 3.05) is 0 Å². The van der Waals surface area contributed by atoms with Gasteiger partial charge >= 0.3 is 0 Å². The zero-order valence-electron chi connectivity index (χ0n) is 9.66. The summed E-state index contributed by atoms with van der Waals surface area (Å²) in [5.41, 5.74) is 1.40. The molecule has 3 rings (SSSR count). The number of hydrogen-bond acceptors (Lipinski definition) is 3. The van der Waals surface area contributed by atoms with Crippen LogP contribution in [-0.2, 0) is 0 Å². The molecule has 3 aromatic rings. The van der Waals surface area contributed by atoms with Crippen molar-refractivity contribution in [2.24, 2.45) is 0 Å². The summed E-state index contributed by atoms with van der Waals surface area (Å²) in [6.07, 6.45) is 3.13. The van der Waals surface area contributed by atoms with Crippen molar-refractivity contribution in [3.8, 4) is 17.1 Å². The molecule has 19 heavy (non-hydrogen) atoms. The lowest BCUT2D eigenvalue weighted by Gasteiger charge is -2.00. The molecule has 0 unspecified atom stereocenters. The average molecular weight is 258 g/mol. The average Bonchev–Trinajstić information content (AvgIpc) is 2.88. The van der Waals surface area contributed by atoms with E-state index in [2.05, 4.69) is 15.2 Å². The van der Waals surface area contributed by atoms with Crippen molar-refractivity contribution in [1.82, 2.24) is 20.0 Å². The molecule has 2 aromatic heterocycles. The third kappa shape index (κ3) is 2.33. The molecule has 0 atom stereocenters. The molecule has 0 saturated heterocycles. The Morgan fingerprint density at radius 1 is 0.947 bits per heavy atom. The van der Waals surface area contributed by atoms with E-state index in [0.717, 1.165) is 23.0 Å². The topological polar surface area (TPSA) is 43.6 Å². The van der Waals surface area contributed by atoms with Gasteiger partial charge in [-0.3, -0.25) is 4.98 Å². The summed E-state index contributed by atoms with van der Waals surface area (Å²) in [5.74, 6) is -1.35. The van der Waals surface area contributed by atoms with Crippen molar-refractivity contribution in [2.45, 2.75) is 0 Å². The maximum absolute atomic E-state index is 13.1. The minimum atomic E-state index is -0.674. The van der Waals surface area contributed by atoms with Crippen LogP contribution in [0.5, 0.6) is 0 Å². The lowest BCUT2D eigenvalue weighted by Crippen LogP contribution is -2.00. The molecule has 94 valence electrons. The van der Waals surface area contributed by atoms with Gasteiger partial charge in [0, 0.05) is 24.4 Å². The second-order valence-electron chi connectivity index (χ2n) is 3.86. The molecule has 0 saturated carbocycles. The fourth-order valence-electron chi connectivity index (χ4n) is 1.67. The van der Waals surface area contributed by atoms with Crippen molar-refractivity contribution in [1.29, 1.82) is 0 Å². The summed E-state index contributed by atoms with van der Waals surface area (Å²) >= 11 is 0. The van der Waals surface area contributed by atoms with Crippen LogP contribution in [0.25, 0.3) is 17.1 Å². The Hall–Kier alpha value is -2.63. The summed E-state index contributed by atoms with van der Waals surface area (Å²) in [7, 11) is 0. The Bertz CT molecular complexity index is 689. The predicted octanol–water partition coefficient (Wildman–Crippen LogP) is 2.61. The lowest BCUT2D eigenvalue weighted by atomic mass is 10.3. The standard InChI is InChI=1S/C13H8F2N4/c14-9-5-10(15)7-11(6-9)19-17-8-13(18-19)12-3-1-2-4-16-12/h1-8H. The van der Waals surface area contributed by atoms with Crippen LogP contribution in [-0.4, -0.2) is 20.0 Å². The van der Waals surface area contributed by atoms with Gasteiger partial charge in [-0.05, 0) is 12.1 Å². The molecule has 0 amide bonds. The molecular formula is C13H8F2N4. The number of aromatic nitrogens is 4. The number of halogens is 2. The van der Waals surface area contributed by atoms with Gasteiger partial charge in [-0.25, -0.2) is 8.78 Å². The van der Waals surface area contributed by atoms with Crippen LogP contribution in [0.1, 0.15) is 0 Å². The molecule has 0 aliphatic carbocycles. The first kappa shape index (κ1) is 11.5. The van der Waals surface area contributed by atoms with Gasteiger partial charge in [-0.2, -0.15) is 9.90 Å². The maximum atomic E-state index is 13.1. The van der Waals surface area contributed by atoms with E-state index in [4.69, 9.17) is 0 Å². The molecule has 0 radical (unpaired) electrons. The van der Waals surface area contributed by atoms with Gasteiger partial charge in [0.05, 0.1) is 17.6 Å². The minimum Gasteiger partial charge on any atom is -0.254 e. The second kappa shape index (κ2) is 4.56. The van der Waals surface area contributed by atoms with E-state index in [1.807, 2.05) is 6.07 Å². The zero-order valence-corrected chi connectivity index (χ0v) is 9.66. The maximum Gasteiger partial charge on any atom is 0.131 e. The van der Waals surface area contributed by atoms with Crippen molar-refractivity contribution >= 4 is 0 Å². The molecule has 1 aromatic carbocycles. The normalized spacial score (nSPS) is 10.6. The molecule has 2 heterocycles. The van der Waals surface area contributed by atoms with E-state index in [1.54, 1.807) is 18.3 Å². The molecular weight excluding hydrogens is 250 g/mol. The van der Waals surface area contributed by atoms with Crippen molar-refractivity contribution in [3.63, 3.8) is 0 Å². The fraction of sp³-hybridized carbons (Fsp3) is 0. The van der Waals surface area contributed by atoms with Gasteiger partial charge in [-0.1, -0.05) is 6.07 Å². The van der Waals surface area contributed by atoms with E-state index >= 15 is 0 Å². The van der Waals surface area contributed by atoms with Gasteiger partial charge in [0.2, 0.25) is 0 Å². The van der Waals surface area contributed by atoms with Crippen LogP contribution in [0.15, 0.2) is 48.8 Å². The number of nitrogens with zero attached hydrogens (tertiary/aromatic N) is 4. The van der Waals surface area contributed by atoms with Crippen LogP contribution in [0.2, 0.25) is 0 Å². The summed E-state index contributed by atoms with van der Waals surface area (Å²) < 4.78 is 26.2. The van der Waals surface area contributed by atoms with Crippen LogP contribution in [0, 0.1) is 11.6 Å². The van der Waals surface area contributed by atoms with Gasteiger partial charge in [0.1, 0.15) is 17.3 Å². The van der Waals surface area contributed by atoms with Gasteiger partial charge < -0.3 is 0 Å². The number of benzene rings is 1. The first-order valence-electron chi connectivity index (χ1n) is 5.52. The first-order chi connectivity index (χ1) is 9.22. The molecule has 0 fully saturated rings. The number of hydrogen-bond donors (Lipinski definition) is 0. The van der Waals surface area contributed by atoms with Gasteiger partial charge in [-0.15, -0.1) is 5.10 Å². The third-order valence-electron chi connectivity index (χ3n) is 2.50. The molecule has 6 heteroatoms. The zero-order chi connectivity index (χ0) is 13.2. The smallest absolute Gasteiger partial charge is 0.131 e. The highest BCUT2D eigenvalue weighted by Crippen LogP contribution is 2.15.